The Morgan fingerprint density at radius 1 is 1.17 bits per heavy atom. The van der Waals surface area contributed by atoms with Crippen molar-refractivity contribution in [2.45, 2.75) is 25.8 Å². The van der Waals surface area contributed by atoms with E-state index in [1.807, 2.05) is 7.05 Å². The molecule has 18 heavy (non-hydrogen) atoms. The van der Waals surface area contributed by atoms with E-state index in [4.69, 9.17) is 5.26 Å². The molecule has 1 N–H and O–H groups in total. The van der Waals surface area contributed by atoms with Gasteiger partial charge in [-0.25, -0.2) is 0 Å². The van der Waals surface area contributed by atoms with Crippen molar-refractivity contribution < 1.29 is 0 Å². The smallest absolute Gasteiger partial charge is 0.0622 e. The normalized spacial score (nSPS) is 12.3. The lowest BCUT2D eigenvalue weighted by Crippen LogP contribution is -2.15. The van der Waals surface area contributed by atoms with E-state index in [2.05, 4.69) is 54.7 Å². The molecule has 0 heterocycles. The number of rotatable bonds is 4. The van der Waals surface area contributed by atoms with E-state index in [-0.39, 0.29) is 6.04 Å². The lowest BCUT2D eigenvalue weighted by Gasteiger charge is -2.15. The maximum absolute atomic E-state index is 8.68. The van der Waals surface area contributed by atoms with E-state index in [1.165, 1.54) is 21.9 Å². The molecule has 2 rings (SSSR count). The second-order valence-electron chi connectivity index (χ2n) is 4.65. The molecular weight excluding hydrogens is 220 g/mol. The number of benzene rings is 2. The molecule has 0 bridgehead atoms. The Morgan fingerprint density at radius 3 is 2.61 bits per heavy atom. The van der Waals surface area contributed by atoms with Gasteiger partial charge in [0.05, 0.1) is 6.07 Å². The minimum atomic E-state index is 0.260. The van der Waals surface area contributed by atoms with E-state index < -0.39 is 0 Å². The molecule has 0 fully saturated rings. The van der Waals surface area contributed by atoms with Crippen LogP contribution < -0.4 is 5.32 Å². The third kappa shape index (κ3) is 2.69. The lowest BCUT2D eigenvalue weighted by atomic mass is 9.98. The van der Waals surface area contributed by atoms with Crippen molar-refractivity contribution in [1.82, 2.24) is 5.32 Å². The average Bonchev–Trinajstić information content (AvgIpc) is 2.39. The Bertz CT molecular complexity index is 581. The highest BCUT2D eigenvalue weighted by molar-refractivity contribution is 5.83. The molecule has 2 heteroatoms. The zero-order valence-corrected chi connectivity index (χ0v) is 10.9. The number of nitrogens with one attached hydrogen (secondary N) is 1. The van der Waals surface area contributed by atoms with E-state index >= 15 is 0 Å². The number of fused-ring (bicyclic) bond motifs is 1. The molecule has 0 saturated carbocycles. The molecule has 1 atom stereocenters. The summed E-state index contributed by atoms with van der Waals surface area (Å²) >= 11 is 0. The molecule has 0 saturated heterocycles. The predicted octanol–water partition coefficient (Wildman–Crippen LogP) is 3.71. The zero-order valence-electron chi connectivity index (χ0n) is 10.9. The van der Waals surface area contributed by atoms with Crippen molar-refractivity contribution in [3.8, 4) is 6.07 Å². The van der Waals surface area contributed by atoms with Crippen LogP contribution >= 0.6 is 0 Å². The average molecular weight is 238 g/mol. The maximum Gasteiger partial charge on any atom is 0.0622 e. The topological polar surface area (TPSA) is 35.8 Å². The van der Waals surface area contributed by atoms with Gasteiger partial charge in [0, 0.05) is 12.5 Å². The number of hydrogen-bond acceptors (Lipinski definition) is 2. The monoisotopic (exact) mass is 238 g/mol. The van der Waals surface area contributed by atoms with Crippen LogP contribution in [-0.4, -0.2) is 7.05 Å². The van der Waals surface area contributed by atoms with Crippen molar-refractivity contribution in [2.24, 2.45) is 0 Å². The van der Waals surface area contributed by atoms with Gasteiger partial charge in [0.25, 0.3) is 0 Å². The standard InChI is InChI=1S/C16H18N2/c1-12-5-6-14-11-15(8-7-13(14)10-12)16(18-2)4-3-9-17/h5-8,10-11,16,18H,3-4H2,1-2H3. The summed E-state index contributed by atoms with van der Waals surface area (Å²) < 4.78 is 0. The molecule has 2 aromatic rings. The molecule has 0 aliphatic carbocycles. The fourth-order valence-electron chi connectivity index (χ4n) is 2.29. The summed E-state index contributed by atoms with van der Waals surface area (Å²) in [4.78, 5) is 0. The van der Waals surface area contributed by atoms with Crippen molar-refractivity contribution in [3.05, 3.63) is 47.5 Å². The molecule has 0 aliphatic heterocycles. The van der Waals surface area contributed by atoms with Gasteiger partial charge in [0.1, 0.15) is 0 Å². The first-order valence-electron chi connectivity index (χ1n) is 6.29. The summed E-state index contributed by atoms with van der Waals surface area (Å²) in [5, 5.41) is 14.5. The van der Waals surface area contributed by atoms with Gasteiger partial charge in [-0.2, -0.15) is 5.26 Å². The second kappa shape index (κ2) is 5.66. The molecule has 0 aliphatic rings. The van der Waals surface area contributed by atoms with Crippen LogP contribution in [0.2, 0.25) is 0 Å². The van der Waals surface area contributed by atoms with Crippen LogP contribution in [0.15, 0.2) is 36.4 Å². The largest absolute Gasteiger partial charge is 0.313 e. The van der Waals surface area contributed by atoms with Crippen LogP contribution in [0.5, 0.6) is 0 Å². The van der Waals surface area contributed by atoms with Crippen molar-refractivity contribution in [3.63, 3.8) is 0 Å². The van der Waals surface area contributed by atoms with Crippen LogP contribution in [0.3, 0.4) is 0 Å². The number of aryl methyl sites for hydroxylation is 1. The van der Waals surface area contributed by atoms with Crippen LogP contribution in [0, 0.1) is 18.3 Å². The highest BCUT2D eigenvalue weighted by Gasteiger charge is 2.09. The Kier molecular flexibility index (Phi) is 3.96. The van der Waals surface area contributed by atoms with Gasteiger partial charge in [-0.15, -0.1) is 0 Å². The number of hydrogen-bond donors (Lipinski definition) is 1. The molecule has 1 unspecified atom stereocenters. The summed E-state index contributed by atoms with van der Waals surface area (Å²) in [6.45, 7) is 2.11. The van der Waals surface area contributed by atoms with Gasteiger partial charge in [0.15, 0.2) is 0 Å². The summed E-state index contributed by atoms with van der Waals surface area (Å²) in [5.74, 6) is 0. The first kappa shape index (κ1) is 12.6. The SMILES string of the molecule is CNC(CCC#N)c1ccc2cc(C)ccc2c1. The quantitative estimate of drug-likeness (QED) is 0.881. The van der Waals surface area contributed by atoms with Crippen molar-refractivity contribution in [2.75, 3.05) is 7.05 Å². The molecule has 92 valence electrons. The Morgan fingerprint density at radius 2 is 1.89 bits per heavy atom. The fourth-order valence-corrected chi connectivity index (χ4v) is 2.29. The first-order valence-corrected chi connectivity index (χ1v) is 6.29. The molecule has 0 aromatic heterocycles. The van der Waals surface area contributed by atoms with Gasteiger partial charge in [-0.05, 0) is 42.8 Å². The molecule has 2 aromatic carbocycles. The highest BCUT2D eigenvalue weighted by Crippen LogP contribution is 2.23. The van der Waals surface area contributed by atoms with Gasteiger partial charge in [-0.1, -0.05) is 35.9 Å². The summed E-state index contributed by atoms with van der Waals surface area (Å²) in [6.07, 6.45) is 1.43. The summed E-state index contributed by atoms with van der Waals surface area (Å²) in [5.41, 5.74) is 2.54. The van der Waals surface area contributed by atoms with E-state index in [9.17, 15) is 0 Å². The van der Waals surface area contributed by atoms with Crippen LogP contribution in [0.1, 0.15) is 30.0 Å². The highest BCUT2D eigenvalue weighted by atomic mass is 14.9. The molecule has 0 spiro atoms. The maximum atomic E-state index is 8.68. The van der Waals surface area contributed by atoms with Gasteiger partial charge in [0.2, 0.25) is 0 Å². The summed E-state index contributed by atoms with van der Waals surface area (Å²) in [6, 6.07) is 15.5. The van der Waals surface area contributed by atoms with Gasteiger partial charge >= 0.3 is 0 Å². The molecule has 0 radical (unpaired) electrons. The van der Waals surface area contributed by atoms with E-state index in [1.54, 1.807) is 0 Å². The van der Waals surface area contributed by atoms with Gasteiger partial charge in [-0.3, -0.25) is 0 Å². The van der Waals surface area contributed by atoms with E-state index in [0.717, 1.165) is 6.42 Å². The van der Waals surface area contributed by atoms with Crippen LogP contribution in [0.25, 0.3) is 10.8 Å². The second-order valence-corrected chi connectivity index (χ2v) is 4.65. The molecular formula is C16H18N2. The minimum absolute atomic E-state index is 0.260. The Labute approximate surface area is 108 Å². The number of nitriles is 1. The van der Waals surface area contributed by atoms with Gasteiger partial charge < -0.3 is 5.32 Å². The third-order valence-corrected chi connectivity index (χ3v) is 3.32. The Hall–Kier alpha value is -1.85. The van der Waals surface area contributed by atoms with Crippen molar-refractivity contribution in [1.29, 1.82) is 5.26 Å². The van der Waals surface area contributed by atoms with Crippen LogP contribution in [-0.2, 0) is 0 Å². The number of nitrogens with zero attached hydrogens (tertiary/aromatic N) is 1. The molecule has 2 nitrogen and oxygen atoms in total. The van der Waals surface area contributed by atoms with Crippen molar-refractivity contribution >= 4 is 10.8 Å². The first-order chi connectivity index (χ1) is 8.74. The lowest BCUT2D eigenvalue weighted by molar-refractivity contribution is 0.558. The minimum Gasteiger partial charge on any atom is -0.313 e. The summed E-state index contributed by atoms with van der Waals surface area (Å²) in [7, 11) is 1.95. The zero-order chi connectivity index (χ0) is 13.0. The third-order valence-electron chi connectivity index (χ3n) is 3.32. The van der Waals surface area contributed by atoms with Crippen LogP contribution in [0.4, 0.5) is 0 Å². The Balaban J connectivity index is 2.34. The van der Waals surface area contributed by atoms with E-state index in [0.29, 0.717) is 6.42 Å². The molecule has 0 amide bonds. The predicted molar refractivity (Wildman–Crippen MR) is 75.3 cm³/mol. The fraction of sp³-hybridized carbons (Fsp3) is 0.312.